The Hall–Kier alpha value is -2.19. The molecule has 1 amide bonds. The average molecular weight is 333 g/mol. The van der Waals surface area contributed by atoms with Gasteiger partial charge in [0.25, 0.3) is 0 Å². The lowest BCUT2D eigenvalue weighted by Gasteiger charge is -2.07. The molecule has 0 spiro atoms. The molecule has 0 aliphatic heterocycles. The zero-order valence-corrected chi connectivity index (χ0v) is 11.9. The number of carbonyl (C=O) groups excluding carboxylic acids is 1. The summed E-state index contributed by atoms with van der Waals surface area (Å²) in [5.41, 5.74) is 0.856. The van der Waals surface area contributed by atoms with E-state index in [2.05, 4.69) is 21.2 Å². The zero-order valence-electron chi connectivity index (χ0n) is 10.4. The highest BCUT2D eigenvalue weighted by Gasteiger charge is 2.11. The molecule has 0 saturated heterocycles. The third-order valence-corrected chi connectivity index (χ3v) is 3.15. The predicted molar refractivity (Wildman–Crippen MR) is 77.6 cm³/mol. The van der Waals surface area contributed by atoms with E-state index in [4.69, 9.17) is 5.26 Å². The van der Waals surface area contributed by atoms with Crippen LogP contribution in [-0.4, -0.2) is 5.91 Å². The molecule has 0 saturated carbocycles. The van der Waals surface area contributed by atoms with Crippen LogP contribution in [0.15, 0.2) is 46.9 Å². The van der Waals surface area contributed by atoms with E-state index in [1.54, 1.807) is 6.07 Å². The van der Waals surface area contributed by atoms with Crippen molar-refractivity contribution in [3.05, 3.63) is 63.9 Å². The van der Waals surface area contributed by atoms with Gasteiger partial charge in [0.05, 0.1) is 12.1 Å². The van der Waals surface area contributed by atoms with E-state index in [0.29, 0.717) is 0 Å². The molecule has 3 nitrogen and oxygen atoms in total. The number of halogens is 2. The Balaban J connectivity index is 2.13. The minimum absolute atomic E-state index is 0.154. The molecule has 100 valence electrons. The van der Waals surface area contributed by atoms with Crippen LogP contribution in [0.4, 0.5) is 10.1 Å². The molecule has 1 N–H and O–H groups in total. The minimum atomic E-state index is -0.646. The molecular weight excluding hydrogens is 323 g/mol. The molecule has 0 bridgehead atoms. The molecule has 2 rings (SSSR count). The van der Waals surface area contributed by atoms with Crippen LogP contribution in [0.25, 0.3) is 0 Å². The standard InChI is InChI=1S/C15H10BrFN2O/c16-11-4-1-3-10(7-11)8-15(20)19-14-6-2-5-13(17)12(14)9-18/h1-7H,8H2,(H,19,20). The van der Waals surface area contributed by atoms with Gasteiger partial charge in [-0.15, -0.1) is 0 Å². The van der Waals surface area contributed by atoms with Crippen molar-refractivity contribution in [1.82, 2.24) is 0 Å². The van der Waals surface area contributed by atoms with Gasteiger partial charge in [-0.25, -0.2) is 4.39 Å². The molecule has 0 heterocycles. The third-order valence-electron chi connectivity index (χ3n) is 2.65. The number of nitrogens with one attached hydrogen (secondary N) is 1. The number of nitriles is 1. The summed E-state index contributed by atoms with van der Waals surface area (Å²) in [4.78, 5) is 11.9. The van der Waals surface area contributed by atoms with E-state index in [1.165, 1.54) is 18.2 Å². The summed E-state index contributed by atoms with van der Waals surface area (Å²) >= 11 is 3.33. The first-order valence-electron chi connectivity index (χ1n) is 5.83. The van der Waals surface area contributed by atoms with Crippen LogP contribution in [0.2, 0.25) is 0 Å². The number of benzene rings is 2. The number of hydrogen-bond acceptors (Lipinski definition) is 2. The van der Waals surface area contributed by atoms with Gasteiger partial charge in [0.1, 0.15) is 17.4 Å². The van der Waals surface area contributed by atoms with Gasteiger partial charge in [-0.1, -0.05) is 34.1 Å². The van der Waals surface area contributed by atoms with E-state index >= 15 is 0 Å². The molecule has 5 heteroatoms. The van der Waals surface area contributed by atoms with Gasteiger partial charge in [-0.05, 0) is 29.8 Å². The molecular formula is C15H10BrFN2O. The maximum Gasteiger partial charge on any atom is 0.228 e. The SMILES string of the molecule is N#Cc1c(F)cccc1NC(=O)Cc1cccc(Br)c1. The summed E-state index contributed by atoms with van der Waals surface area (Å²) in [5, 5.41) is 11.4. The normalized spacial score (nSPS) is 9.85. The lowest BCUT2D eigenvalue weighted by atomic mass is 10.1. The van der Waals surface area contributed by atoms with E-state index < -0.39 is 5.82 Å². The Morgan fingerprint density at radius 2 is 2.05 bits per heavy atom. The highest BCUT2D eigenvalue weighted by Crippen LogP contribution is 2.18. The topological polar surface area (TPSA) is 52.9 Å². The molecule has 0 atom stereocenters. The van der Waals surface area contributed by atoms with Crippen molar-refractivity contribution in [2.24, 2.45) is 0 Å². The Kier molecular flexibility index (Phi) is 4.49. The number of hydrogen-bond donors (Lipinski definition) is 1. The van der Waals surface area contributed by atoms with Crippen LogP contribution in [0, 0.1) is 17.1 Å². The number of anilines is 1. The molecule has 0 unspecified atom stereocenters. The molecule has 2 aromatic rings. The lowest BCUT2D eigenvalue weighted by molar-refractivity contribution is -0.115. The van der Waals surface area contributed by atoms with Crippen LogP contribution in [0.5, 0.6) is 0 Å². The van der Waals surface area contributed by atoms with E-state index in [0.717, 1.165) is 10.0 Å². The van der Waals surface area contributed by atoms with Crippen molar-refractivity contribution in [3.8, 4) is 6.07 Å². The summed E-state index contributed by atoms with van der Waals surface area (Å²) in [7, 11) is 0. The molecule has 0 fully saturated rings. The van der Waals surface area contributed by atoms with Gasteiger partial charge in [-0.3, -0.25) is 4.79 Å². The van der Waals surface area contributed by atoms with E-state index in [1.807, 2.05) is 24.3 Å². The molecule has 0 radical (unpaired) electrons. The molecule has 20 heavy (non-hydrogen) atoms. The van der Waals surface area contributed by atoms with Crippen molar-refractivity contribution in [1.29, 1.82) is 5.26 Å². The summed E-state index contributed by atoms with van der Waals surface area (Å²) in [6, 6.07) is 13.2. The summed E-state index contributed by atoms with van der Waals surface area (Å²) in [6.45, 7) is 0. The number of rotatable bonds is 3. The summed E-state index contributed by atoms with van der Waals surface area (Å²) in [6.07, 6.45) is 0.154. The highest BCUT2D eigenvalue weighted by atomic mass is 79.9. The second-order valence-corrected chi connectivity index (χ2v) is 5.04. The molecule has 2 aromatic carbocycles. The van der Waals surface area contributed by atoms with Gasteiger partial charge in [-0.2, -0.15) is 5.26 Å². The van der Waals surface area contributed by atoms with Gasteiger partial charge in [0, 0.05) is 4.47 Å². The fraction of sp³-hybridized carbons (Fsp3) is 0.0667. The zero-order chi connectivity index (χ0) is 14.5. The van der Waals surface area contributed by atoms with Crippen LogP contribution in [0.1, 0.15) is 11.1 Å². The second kappa shape index (κ2) is 6.31. The first kappa shape index (κ1) is 14.2. The Labute approximate surface area is 124 Å². The van der Waals surface area contributed by atoms with Gasteiger partial charge in [0.2, 0.25) is 5.91 Å². The molecule has 0 aliphatic carbocycles. The number of carbonyl (C=O) groups is 1. The van der Waals surface area contributed by atoms with Crippen molar-refractivity contribution in [2.75, 3.05) is 5.32 Å². The van der Waals surface area contributed by atoms with Crippen LogP contribution >= 0.6 is 15.9 Å². The lowest BCUT2D eigenvalue weighted by Crippen LogP contribution is -2.15. The molecule has 0 aliphatic rings. The molecule has 0 aromatic heterocycles. The minimum Gasteiger partial charge on any atom is -0.325 e. The predicted octanol–water partition coefficient (Wildman–Crippen LogP) is 3.64. The van der Waals surface area contributed by atoms with Crippen molar-refractivity contribution < 1.29 is 9.18 Å². The second-order valence-electron chi connectivity index (χ2n) is 4.13. The van der Waals surface area contributed by atoms with E-state index in [9.17, 15) is 9.18 Å². The maximum absolute atomic E-state index is 13.4. The van der Waals surface area contributed by atoms with Gasteiger partial charge < -0.3 is 5.32 Å². The smallest absolute Gasteiger partial charge is 0.228 e. The fourth-order valence-corrected chi connectivity index (χ4v) is 2.22. The van der Waals surface area contributed by atoms with Crippen LogP contribution in [-0.2, 0) is 11.2 Å². The monoisotopic (exact) mass is 332 g/mol. The Morgan fingerprint density at radius 3 is 2.75 bits per heavy atom. The maximum atomic E-state index is 13.4. The first-order chi connectivity index (χ1) is 9.60. The van der Waals surface area contributed by atoms with Crippen LogP contribution < -0.4 is 5.32 Å². The van der Waals surface area contributed by atoms with Gasteiger partial charge >= 0.3 is 0 Å². The largest absolute Gasteiger partial charge is 0.325 e. The third kappa shape index (κ3) is 3.43. The number of nitrogens with zero attached hydrogens (tertiary/aromatic N) is 1. The van der Waals surface area contributed by atoms with Gasteiger partial charge in [0.15, 0.2) is 0 Å². The Bertz CT molecular complexity index is 695. The van der Waals surface area contributed by atoms with Crippen LogP contribution in [0.3, 0.4) is 0 Å². The summed E-state index contributed by atoms with van der Waals surface area (Å²) < 4.78 is 14.3. The fourth-order valence-electron chi connectivity index (χ4n) is 1.77. The first-order valence-corrected chi connectivity index (χ1v) is 6.62. The van der Waals surface area contributed by atoms with E-state index in [-0.39, 0.29) is 23.6 Å². The summed E-state index contributed by atoms with van der Waals surface area (Å²) in [5.74, 6) is -0.946. The highest BCUT2D eigenvalue weighted by molar-refractivity contribution is 9.10. The van der Waals surface area contributed by atoms with Crippen molar-refractivity contribution in [2.45, 2.75) is 6.42 Å². The average Bonchev–Trinajstić information content (AvgIpc) is 2.38. The Morgan fingerprint density at radius 1 is 1.30 bits per heavy atom. The number of amides is 1. The van der Waals surface area contributed by atoms with Crippen molar-refractivity contribution >= 4 is 27.5 Å². The quantitative estimate of drug-likeness (QED) is 0.932. The van der Waals surface area contributed by atoms with Crippen molar-refractivity contribution in [3.63, 3.8) is 0 Å².